The Labute approximate surface area is 176 Å². The van der Waals surface area contributed by atoms with Crippen LogP contribution in [0.25, 0.3) is 5.65 Å². The van der Waals surface area contributed by atoms with E-state index in [-0.39, 0.29) is 5.41 Å². The van der Waals surface area contributed by atoms with E-state index in [0.29, 0.717) is 12.1 Å². The molecule has 2 aliphatic rings. The largest absolute Gasteiger partial charge is 0.366 e. The molecular weight excluding hydrogens is 435 g/mol. The third kappa shape index (κ3) is 3.09. The average Bonchev–Trinajstić information content (AvgIpc) is 3.27. The van der Waals surface area contributed by atoms with Crippen molar-refractivity contribution in [1.82, 2.24) is 19.9 Å². The molecule has 1 aliphatic carbocycles. The molecule has 0 amide bonds. The maximum absolute atomic E-state index is 13.8. The van der Waals surface area contributed by atoms with Crippen molar-refractivity contribution in [1.29, 1.82) is 5.26 Å². The topological polar surface area (TPSA) is 78.0 Å². The van der Waals surface area contributed by atoms with Gasteiger partial charge in [-0.05, 0) is 78.5 Å². The number of fused-ring (bicyclic) bond motifs is 3. The molecule has 1 aliphatic heterocycles. The van der Waals surface area contributed by atoms with Gasteiger partial charge >= 0.3 is 0 Å². The molecule has 8 heteroatoms. The van der Waals surface area contributed by atoms with E-state index in [0.717, 1.165) is 60.3 Å². The van der Waals surface area contributed by atoms with Gasteiger partial charge in [-0.25, -0.2) is 9.37 Å². The minimum Gasteiger partial charge on any atom is -0.366 e. The van der Waals surface area contributed by atoms with Crippen LogP contribution in [0.3, 0.4) is 0 Å². The molecule has 2 aromatic heterocycles. The number of piperidine rings is 1. The fraction of sp³-hybridized carbons (Fsp3) is 0.381. The van der Waals surface area contributed by atoms with Crippen molar-refractivity contribution in [2.75, 3.05) is 18.4 Å². The Morgan fingerprint density at radius 2 is 2.10 bits per heavy atom. The van der Waals surface area contributed by atoms with Crippen molar-refractivity contribution in [3.8, 4) is 6.07 Å². The fourth-order valence-corrected chi connectivity index (χ4v) is 5.08. The van der Waals surface area contributed by atoms with E-state index in [9.17, 15) is 4.39 Å². The van der Waals surface area contributed by atoms with Crippen LogP contribution >= 0.6 is 15.9 Å². The Hall–Kier alpha value is -2.50. The van der Waals surface area contributed by atoms with Gasteiger partial charge in [-0.2, -0.15) is 14.9 Å². The van der Waals surface area contributed by atoms with Gasteiger partial charge in [0.2, 0.25) is 0 Å². The summed E-state index contributed by atoms with van der Waals surface area (Å²) in [5.74, 6) is 0.510. The molecule has 5 rings (SSSR count). The molecule has 3 aromatic rings. The standard InChI is InChI=1S/C21H20BrFN6/c22-17-12-27-29-19(26-11-14-7-13(10-24)8-15(23)9-14)16-1-2-21(3-5-25-6-4-21)18(16)28-20(17)29/h7-9,12,25-26H,1-6,11H2. The zero-order chi connectivity index (χ0) is 20.0. The lowest BCUT2D eigenvalue weighted by Crippen LogP contribution is -2.39. The molecule has 1 aromatic carbocycles. The Kier molecular flexibility index (Phi) is 4.52. The summed E-state index contributed by atoms with van der Waals surface area (Å²) in [5.41, 5.74) is 4.33. The predicted molar refractivity (Wildman–Crippen MR) is 111 cm³/mol. The molecule has 0 atom stereocenters. The molecule has 2 N–H and O–H groups in total. The number of halogens is 2. The smallest absolute Gasteiger partial charge is 0.171 e. The number of nitriles is 1. The number of benzene rings is 1. The Morgan fingerprint density at radius 3 is 2.90 bits per heavy atom. The van der Waals surface area contributed by atoms with Gasteiger partial charge in [0, 0.05) is 17.5 Å². The second-order valence-corrected chi connectivity index (χ2v) is 8.71. The normalized spacial score (nSPS) is 17.4. The van der Waals surface area contributed by atoms with Crippen LogP contribution in [-0.4, -0.2) is 27.7 Å². The van der Waals surface area contributed by atoms with Gasteiger partial charge in [0.05, 0.1) is 28.0 Å². The first kappa shape index (κ1) is 18.5. The lowest BCUT2D eigenvalue weighted by Gasteiger charge is -2.34. The lowest BCUT2D eigenvalue weighted by molar-refractivity contribution is 0.301. The Balaban J connectivity index is 1.57. The number of hydrogen-bond acceptors (Lipinski definition) is 5. The number of nitrogens with zero attached hydrogens (tertiary/aromatic N) is 4. The van der Waals surface area contributed by atoms with Crippen LogP contribution in [0.4, 0.5) is 10.2 Å². The van der Waals surface area contributed by atoms with Gasteiger partial charge in [-0.3, -0.25) is 0 Å². The van der Waals surface area contributed by atoms with Crippen LogP contribution in [0.5, 0.6) is 0 Å². The highest BCUT2D eigenvalue weighted by molar-refractivity contribution is 9.10. The van der Waals surface area contributed by atoms with Crippen molar-refractivity contribution < 1.29 is 4.39 Å². The van der Waals surface area contributed by atoms with Gasteiger partial charge < -0.3 is 10.6 Å². The fourth-order valence-electron chi connectivity index (χ4n) is 4.73. The first-order valence-corrected chi connectivity index (χ1v) is 10.6. The number of anilines is 1. The van der Waals surface area contributed by atoms with Crippen LogP contribution in [0.15, 0.2) is 28.9 Å². The highest BCUT2D eigenvalue weighted by Crippen LogP contribution is 2.46. The van der Waals surface area contributed by atoms with Gasteiger partial charge in [0.25, 0.3) is 0 Å². The lowest BCUT2D eigenvalue weighted by atomic mass is 9.77. The maximum atomic E-state index is 13.8. The van der Waals surface area contributed by atoms with Gasteiger partial charge in [-0.1, -0.05) is 0 Å². The van der Waals surface area contributed by atoms with Crippen molar-refractivity contribution in [3.05, 3.63) is 57.1 Å². The van der Waals surface area contributed by atoms with E-state index < -0.39 is 5.82 Å². The zero-order valence-electron chi connectivity index (χ0n) is 15.8. The number of hydrogen-bond donors (Lipinski definition) is 2. The van der Waals surface area contributed by atoms with Crippen LogP contribution in [-0.2, 0) is 18.4 Å². The quantitative estimate of drug-likeness (QED) is 0.630. The van der Waals surface area contributed by atoms with Gasteiger partial charge in [0.1, 0.15) is 11.6 Å². The molecule has 0 unspecified atom stereocenters. The van der Waals surface area contributed by atoms with E-state index in [1.165, 1.54) is 23.4 Å². The molecular formula is C21H20BrFN6. The molecule has 0 saturated carbocycles. The van der Waals surface area contributed by atoms with E-state index in [2.05, 4.69) is 31.7 Å². The minimum atomic E-state index is -0.401. The summed E-state index contributed by atoms with van der Waals surface area (Å²) in [7, 11) is 0. The van der Waals surface area contributed by atoms with Crippen LogP contribution < -0.4 is 10.6 Å². The van der Waals surface area contributed by atoms with Crippen LogP contribution in [0.2, 0.25) is 0 Å². The third-order valence-corrected chi connectivity index (χ3v) is 6.72. The molecule has 1 saturated heterocycles. The van der Waals surface area contributed by atoms with E-state index in [1.54, 1.807) is 12.3 Å². The molecule has 0 bridgehead atoms. The predicted octanol–water partition coefficient (Wildman–Crippen LogP) is 3.68. The first-order valence-electron chi connectivity index (χ1n) is 9.80. The van der Waals surface area contributed by atoms with E-state index in [1.807, 2.05) is 10.6 Å². The summed E-state index contributed by atoms with van der Waals surface area (Å²) >= 11 is 3.57. The summed E-state index contributed by atoms with van der Waals surface area (Å²) in [6.07, 6.45) is 5.97. The summed E-state index contributed by atoms with van der Waals surface area (Å²) in [5, 5.41) is 20.5. The highest BCUT2D eigenvalue weighted by Gasteiger charge is 2.43. The van der Waals surface area contributed by atoms with Crippen molar-refractivity contribution in [2.24, 2.45) is 0 Å². The van der Waals surface area contributed by atoms with Crippen LogP contribution in [0.1, 0.15) is 41.6 Å². The number of nitrogens with one attached hydrogen (secondary N) is 2. The van der Waals surface area contributed by atoms with E-state index >= 15 is 0 Å². The third-order valence-electron chi connectivity index (χ3n) is 6.17. The monoisotopic (exact) mass is 454 g/mol. The Bertz CT molecular complexity index is 1140. The van der Waals surface area contributed by atoms with E-state index in [4.69, 9.17) is 10.2 Å². The molecule has 1 fully saturated rings. The Morgan fingerprint density at radius 1 is 1.28 bits per heavy atom. The highest BCUT2D eigenvalue weighted by atomic mass is 79.9. The second kappa shape index (κ2) is 7.08. The summed E-state index contributed by atoms with van der Waals surface area (Å²) in [6, 6.07) is 6.43. The number of rotatable bonds is 3. The van der Waals surface area contributed by atoms with Crippen molar-refractivity contribution in [3.63, 3.8) is 0 Å². The maximum Gasteiger partial charge on any atom is 0.171 e. The molecule has 1 spiro atoms. The number of aromatic nitrogens is 3. The van der Waals surface area contributed by atoms with Crippen LogP contribution in [0, 0.1) is 17.1 Å². The summed E-state index contributed by atoms with van der Waals surface area (Å²) in [6.45, 7) is 2.43. The second-order valence-electron chi connectivity index (χ2n) is 7.86. The van der Waals surface area contributed by atoms with Crippen molar-refractivity contribution in [2.45, 2.75) is 37.6 Å². The molecule has 6 nitrogen and oxygen atoms in total. The zero-order valence-corrected chi connectivity index (χ0v) is 17.4. The SMILES string of the molecule is N#Cc1cc(F)cc(CNc2c3c(nc4c(Br)cnn24)C2(CCNCC2)CC3)c1. The first-order chi connectivity index (χ1) is 14.1. The van der Waals surface area contributed by atoms with Gasteiger partial charge in [0.15, 0.2) is 5.65 Å². The molecule has 0 radical (unpaired) electrons. The van der Waals surface area contributed by atoms with Crippen molar-refractivity contribution >= 4 is 27.4 Å². The molecule has 148 valence electrons. The minimum absolute atomic E-state index is 0.120. The summed E-state index contributed by atoms with van der Waals surface area (Å²) < 4.78 is 16.5. The average molecular weight is 455 g/mol. The van der Waals surface area contributed by atoms with Gasteiger partial charge in [-0.15, -0.1) is 0 Å². The summed E-state index contributed by atoms with van der Waals surface area (Å²) in [4.78, 5) is 5.03. The molecule has 3 heterocycles. The molecule has 29 heavy (non-hydrogen) atoms.